The van der Waals surface area contributed by atoms with Crippen molar-refractivity contribution < 1.29 is 4.74 Å². The van der Waals surface area contributed by atoms with Gasteiger partial charge >= 0.3 is 0 Å². The highest BCUT2D eigenvalue weighted by atomic mass is 16.5. The maximum absolute atomic E-state index is 6.11. The van der Waals surface area contributed by atoms with Crippen molar-refractivity contribution in [3.8, 4) is 5.75 Å². The zero-order chi connectivity index (χ0) is 15.7. The summed E-state index contributed by atoms with van der Waals surface area (Å²) in [5, 5.41) is 3.31. The van der Waals surface area contributed by atoms with Crippen LogP contribution in [0.5, 0.6) is 5.75 Å². The van der Waals surface area contributed by atoms with E-state index in [0.29, 0.717) is 0 Å². The number of hydrogen-bond acceptors (Lipinski definition) is 2. The van der Waals surface area contributed by atoms with E-state index in [9.17, 15) is 0 Å². The quantitative estimate of drug-likeness (QED) is 0.893. The normalized spacial score (nSPS) is 16.7. The van der Waals surface area contributed by atoms with Crippen LogP contribution in [-0.2, 0) is 10.8 Å². The molecule has 1 heterocycles. The first-order valence-corrected chi connectivity index (χ1v) is 8.16. The molecule has 0 unspecified atom stereocenters. The van der Waals surface area contributed by atoms with Crippen molar-refractivity contribution in [3.63, 3.8) is 0 Å². The Kier molecular flexibility index (Phi) is 4.67. The smallest absolute Gasteiger partial charge is 0.123 e. The molecule has 0 aliphatic carbocycles. The van der Waals surface area contributed by atoms with E-state index >= 15 is 0 Å². The SMILES string of the molecule is CC(C)(C)c1ccc(OCCC2CNC2)c(C(C)(C)C)c1. The minimum Gasteiger partial charge on any atom is -0.493 e. The Hall–Kier alpha value is -1.02. The Labute approximate surface area is 130 Å². The van der Waals surface area contributed by atoms with Crippen LogP contribution < -0.4 is 10.1 Å². The fraction of sp³-hybridized carbons (Fsp3) is 0.684. The molecule has 1 saturated heterocycles. The molecule has 2 heteroatoms. The van der Waals surface area contributed by atoms with Gasteiger partial charge in [0.1, 0.15) is 5.75 Å². The molecule has 21 heavy (non-hydrogen) atoms. The molecule has 0 spiro atoms. The molecule has 1 aliphatic rings. The lowest BCUT2D eigenvalue weighted by molar-refractivity contribution is 0.235. The maximum atomic E-state index is 6.11. The highest BCUT2D eigenvalue weighted by Crippen LogP contribution is 2.35. The van der Waals surface area contributed by atoms with Gasteiger partial charge in [0.05, 0.1) is 6.61 Å². The second-order valence-corrected chi connectivity index (χ2v) is 8.37. The minimum atomic E-state index is 0.106. The molecule has 1 aromatic carbocycles. The molecule has 2 rings (SSSR count). The van der Waals surface area contributed by atoms with Gasteiger partial charge in [-0.15, -0.1) is 0 Å². The lowest BCUT2D eigenvalue weighted by Crippen LogP contribution is -2.42. The largest absolute Gasteiger partial charge is 0.493 e. The van der Waals surface area contributed by atoms with E-state index in [-0.39, 0.29) is 10.8 Å². The summed E-state index contributed by atoms with van der Waals surface area (Å²) in [7, 11) is 0. The van der Waals surface area contributed by atoms with Crippen molar-refractivity contribution in [3.05, 3.63) is 29.3 Å². The van der Waals surface area contributed by atoms with Crippen molar-refractivity contribution in [2.75, 3.05) is 19.7 Å². The molecule has 0 saturated carbocycles. The first kappa shape index (κ1) is 16.4. The topological polar surface area (TPSA) is 21.3 Å². The third kappa shape index (κ3) is 4.23. The van der Waals surface area contributed by atoms with Crippen LogP contribution in [0.1, 0.15) is 59.1 Å². The second-order valence-electron chi connectivity index (χ2n) is 8.37. The third-order valence-corrected chi connectivity index (χ3v) is 4.30. The van der Waals surface area contributed by atoms with Gasteiger partial charge in [-0.25, -0.2) is 0 Å². The van der Waals surface area contributed by atoms with Crippen molar-refractivity contribution in [2.45, 2.75) is 58.8 Å². The Bertz CT molecular complexity index is 475. The predicted molar refractivity (Wildman–Crippen MR) is 90.3 cm³/mol. The number of benzene rings is 1. The summed E-state index contributed by atoms with van der Waals surface area (Å²) in [5.41, 5.74) is 2.98. The van der Waals surface area contributed by atoms with Crippen molar-refractivity contribution >= 4 is 0 Å². The van der Waals surface area contributed by atoms with Crippen LogP contribution in [0, 0.1) is 5.92 Å². The molecule has 118 valence electrons. The molecule has 0 amide bonds. The molecule has 1 aliphatic heterocycles. The summed E-state index contributed by atoms with van der Waals surface area (Å²) >= 11 is 0. The lowest BCUT2D eigenvalue weighted by Gasteiger charge is -2.29. The Morgan fingerprint density at radius 1 is 1.05 bits per heavy atom. The van der Waals surface area contributed by atoms with E-state index in [1.807, 2.05) is 0 Å². The Morgan fingerprint density at radius 3 is 2.19 bits per heavy atom. The molecule has 0 bridgehead atoms. The van der Waals surface area contributed by atoms with E-state index in [2.05, 4.69) is 65.1 Å². The number of hydrogen-bond donors (Lipinski definition) is 1. The molecule has 0 aromatic heterocycles. The van der Waals surface area contributed by atoms with Gasteiger partial charge in [0.25, 0.3) is 0 Å². The molecule has 1 N–H and O–H groups in total. The molecular weight excluding hydrogens is 258 g/mol. The fourth-order valence-electron chi connectivity index (χ4n) is 2.60. The highest BCUT2D eigenvalue weighted by molar-refractivity contribution is 5.43. The summed E-state index contributed by atoms with van der Waals surface area (Å²) in [5.74, 6) is 1.86. The fourth-order valence-corrected chi connectivity index (χ4v) is 2.60. The van der Waals surface area contributed by atoms with Crippen molar-refractivity contribution in [1.29, 1.82) is 0 Å². The van der Waals surface area contributed by atoms with Crippen LogP contribution in [0.4, 0.5) is 0 Å². The third-order valence-electron chi connectivity index (χ3n) is 4.30. The highest BCUT2D eigenvalue weighted by Gasteiger charge is 2.23. The van der Waals surface area contributed by atoms with Crippen molar-refractivity contribution in [2.24, 2.45) is 5.92 Å². The zero-order valence-electron chi connectivity index (χ0n) is 14.5. The molecule has 2 nitrogen and oxygen atoms in total. The average molecular weight is 289 g/mol. The first-order chi connectivity index (χ1) is 9.68. The van der Waals surface area contributed by atoms with Crippen LogP contribution in [0.3, 0.4) is 0 Å². The van der Waals surface area contributed by atoms with E-state index in [4.69, 9.17) is 4.74 Å². The average Bonchev–Trinajstić information content (AvgIpc) is 2.30. The van der Waals surface area contributed by atoms with Crippen LogP contribution >= 0.6 is 0 Å². The standard InChI is InChI=1S/C19H31NO/c1-18(2,3)15-7-8-17(16(11-15)19(4,5)6)21-10-9-14-12-20-13-14/h7-8,11,14,20H,9-10,12-13H2,1-6H3. The Balaban J connectivity index is 2.14. The number of nitrogens with one attached hydrogen (secondary N) is 1. The van der Waals surface area contributed by atoms with Gasteiger partial charge in [0.2, 0.25) is 0 Å². The molecule has 0 radical (unpaired) electrons. The lowest BCUT2D eigenvalue weighted by atomic mass is 9.80. The van der Waals surface area contributed by atoms with E-state index in [1.54, 1.807) is 0 Å². The second kappa shape index (κ2) is 6.00. The van der Waals surface area contributed by atoms with Gasteiger partial charge in [-0.2, -0.15) is 0 Å². The predicted octanol–water partition coefficient (Wildman–Crippen LogP) is 4.27. The van der Waals surface area contributed by atoms with Gasteiger partial charge in [0, 0.05) is 0 Å². The van der Waals surface area contributed by atoms with Gasteiger partial charge in [0.15, 0.2) is 0 Å². The van der Waals surface area contributed by atoms with E-state index < -0.39 is 0 Å². The summed E-state index contributed by atoms with van der Waals surface area (Å²) in [4.78, 5) is 0. The number of rotatable bonds is 4. The number of ether oxygens (including phenoxy) is 1. The summed E-state index contributed by atoms with van der Waals surface area (Å²) in [6.07, 6.45) is 1.15. The van der Waals surface area contributed by atoms with Crippen LogP contribution in [-0.4, -0.2) is 19.7 Å². The van der Waals surface area contributed by atoms with E-state index in [0.717, 1.165) is 37.8 Å². The Morgan fingerprint density at radius 2 is 1.71 bits per heavy atom. The first-order valence-electron chi connectivity index (χ1n) is 8.16. The van der Waals surface area contributed by atoms with Gasteiger partial charge in [-0.05, 0) is 53.5 Å². The molecule has 1 aromatic rings. The maximum Gasteiger partial charge on any atom is 0.123 e. The minimum absolute atomic E-state index is 0.106. The summed E-state index contributed by atoms with van der Waals surface area (Å²) < 4.78 is 6.11. The van der Waals surface area contributed by atoms with Gasteiger partial charge in [-0.1, -0.05) is 53.7 Å². The van der Waals surface area contributed by atoms with Gasteiger partial charge < -0.3 is 10.1 Å². The summed E-state index contributed by atoms with van der Waals surface area (Å²) in [6.45, 7) is 16.7. The monoisotopic (exact) mass is 289 g/mol. The van der Waals surface area contributed by atoms with Gasteiger partial charge in [-0.3, -0.25) is 0 Å². The zero-order valence-corrected chi connectivity index (χ0v) is 14.5. The van der Waals surface area contributed by atoms with Crippen LogP contribution in [0.15, 0.2) is 18.2 Å². The molecule has 0 atom stereocenters. The van der Waals surface area contributed by atoms with E-state index in [1.165, 1.54) is 11.1 Å². The molecule has 1 fully saturated rings. The van der Waals surface area contributed by atoms with Crippen molar-refractivity contribution in [1.82, 2.24) is 5.32 Å². The summed E-state index contributed by atoms with van der Waals surface area (Å²) in [6, 6.07) is 6.72. The molecular formula is C19H31NO. The van der Waals surface area contributed by atoms with Crippen LogP contribution in [0.2, 0.25) is 0 Å². The van der Waals surface area contributed by atoms with Crippen LogP contribution in [0.25, 0.3) is 0 Å².